The average molecular weight is 299 g/mol. The number of rotatable bonds is 3. The molecule has 3 nitrogen and oxygen atoms in total. The van der Waals surface area contributed by atoms with Gasteiger partial charge in [0.25, 0.3) is 0 Å². The Balaban J connectivity index is 2.44. The monoisotopic (exact) mass is 298 g/mol. The molecule has 2 rings (SSSR count). The molecule has 2 aromatic carbocycles. The van der Waals surface area contributed by atoms with Crippen LogP contribution in [0.4, 0.5) is 8.78 Å². The highest BCUT2D eigenvalue weighted by Gasteiger charge is 2.17. The quantitative estimate of drug-likeness (QED) is 0.912. The van der Waals surface area contributed by atoms with Gasteiger partial charge in [0, 0.05) is 5.02 Å². The molecule has 0 heterocycles. The van der Waals surface area contributed by atoms with Crippen molar-refractivity contribution in [1.82, 2.24) is 0 Å². The average Bonchev–Trinajstić information content (AvgIpc) is 2.37. The summed E-state index contributed by atoms with van der Waals surface area (Å²) in [6.45, 7) is 1.69. The normalized spacial score (nSPS) is 10.4. The Hall–Kier alpha value is -2.14. The van der Waals surface area contributed by atoms with Gasteiger partial charge in [-0.15, -0.1) is 0 Å². The first-order chi connectivity index (χ1) is 9.38. The molecule has 0 radical (unpaired) electrons. The van der Waals surface area contributed by atoms with Crippen molar-refractivity contribution >= 4 is 17.6 Å². The third kappa shape index (κ3) is 2.88. The Bertz CT molecular complexity index is 663. The molecule has 0 aromatic heterocycles. The van der Waals surface area contributed by atoms with E-state index in [9.17, 15) is 13.6 Å². The Morgan fingerprint density at radius 2 is 1.80 bits per heavy atom. The predicted molar refractivity (Wildman–Crippen MR) is 69.6 cm³/mol. The Labute approximate surface area is 118 Å². The van der Waals surface area contributed by atoms with E-state index in [4.69, 9.17) is 21.4 Å². The number of aromatic carboxylic acids is 1. The number of hydrogen-bond donors (Lipinski definition) is 1. The summed E-state index contributed by atoms with van der Waals surface area (Å²) < 4.78 is 32.6. The van der Waals surface area contributed by atoms with E-state index in [1.54, 1.807) is 19.1 Å². The van der Waals surface area contributed by atoms with Gasteiger partial charge in [-0.3, -0.25) is 0 Å². The zero-order valence-electron chi connectivity index (χ0n) is 10.3. The Morgan fingerprint density at radius 1 is 1.20 bits per heavy atom. The zero-order chi connectivity index (χ0) is 14.9. The van der Waals surface area contributed by atoms with Gasteiger partial charge in [0.2, 0.25) is 0 Å². The van der Waals surface area contributed by atoms with Gasteiger partial charge in [-0.05, 0) is 36.8 Å². The van der Waals surface area contributed by atoms with Crippen LogP contribution in [0, 0.1) is 18.6 Å². The summed E-state index contributed by atoms with van der Waals surface area (Å²) in [5.74, 6) is -4.09. The van der Waals surface area contributed by atoms with E-state index in [2.05, 4.69) is 0 Å². The van der Waals surface area contributed by atoms with Crippen LogP contribution in [0.5, 0.6) is 11.5 Å². The van der Waals surface area contributed by atoms with E-state index in [0.717, 1.165) is 0 Å². The fraction of sp³-hybridized carbons (Fsp3) is 0.0714. The largest absolute Gasteiger partial charge is 0.478 e. The molecule has 0 saturated heterocycles. The standard InChI is InChI=1S/C14H9ClF2O3/c1-7-2-3-9(15)6-12(7)20-13-10(16)4-8(14(18)19)5-11(13)17/h2-6H,1H3,(H,18,19). The van der Waals surface area contributed by atoms with Crippen LogP contribution in [-0.2, 0) is 0 Å². The number of carbonyl (C=O) groups is 1. The minimum atomic E-state index is -1.42. The Morgan fingerprint density at radius 3 is 2.35 bits per heavy atom. The van der Waals surface area contributed by atoms with Crippen LogP contribution >= 0.6 is 11.6 Å². The second-order valence-electron chi connectivity index (χ2n) is 4.09. The van der Waals surface area contributed by atoms with Crippen LogP contribution in [0.25, 0.3) is 0 Å². The number of benzene rings is 2. The van der Waals surface area contributed by atoms with E-state index >= 15 is 0 Å². The minimum Gasteiger partial charge on any atom is -0.478 e. The van der Waals surface area contributed by atoms with E-state index in [1.807, 2.05) is 0 Å². The topological polar surface area (TPSA) is 46.5 Å². The summed E-state index contributed by atoms with van der Waals surface area (Å²) in [4.78, 5) is 10.7. The van der Waals surface area contributed by atoms with E-state index in [1.165, 1.54) is 6.07 Å². The maximum atomic E-state index is 13.7. The first-order valence-corrected chi connectivity index (χ1v) is 5.92. The van der Waals surface area contributed by atoms with Crippen molar-refractivity contribution in [2.24, 2.45) is 0 Å². The summed E-state index contributed by atoms with van der Waals surface area (Å²) in [5, 5.41) is 9.06. The second-order valence-corrected chi connectivity index (χ2v) is 4.52. The molecule has 0 aliphatic carbocycles. The van der Waals surface area contributed by atoms with Crippen molar-refractivity contribution in [3.8, 4) is 11.5 Å². The fourth-order valence-corrected chi connectivity index (χ4v) is 1.74. The number of carboxylic acids is 1. The molecule has 104 valence electrons. The lowest BCUT2D eigenvalue weighted by atomic mass is 10.2. The molecule has 6 heteroatoms. The fourth-order valence-electron chi connectivity index (χ4n) is 1.57. The second kappa shape index (κ2) is 5.46. The van der Waals surface area contributed by atoms with Gasteiger partial charge in [0.05, 0.1) is 5.56 Å². The molecule has 0 aliphatic rings. The van der Waals surface area contributed by atoms with Gasteiger partial charge in [-0.25, -0.2) is 13.6 Å². The molecule has 0 fully saturated rings. The Kier molecular flexibility index (Phi) is 3.90. The van der Waals surface area contributed by atoms with Crippen molar-refractivity contribution in [3.05, 3.63) is 58.1 Å². The first-order valence-electron chi connectivity index (χ1n) is 5.55. The lowest BCUT2D eigenvalue weighted by Gasteiger charge is -2.11. The summed E-state index contributed by atoms with van der Waals surface area (Å²) in [7, 11) is 0. The molecule has 1 N–H and O–H groups in total. The van der Waals surface area contributed by atoms with Crippen LogP contribution in [0.1, 0.15) is 15.9 Å². The molecule has 0 saturated carbocycles. The zero-order valence-corrected chi connectivity index (χ0v) is 11.0. The van der Waals surface area contributed by atoms with Gasteiger partial charge in [0.1, 0.15) is 5.75 Å². The molecule has 20 heavy (non-hydrogen) atoms. The summed E-state index contributed by atoms with van der Waals surface area (Å²) in [6.07, 6.45) is 0. The number of carboxylic acid groups (broad SMARTS) is 1. The molecule has 0 amide bonds. The van der Waals surface area contributed by atoms with E-state index in [-0.39, 0.29) is 5.75 Å². The highest BCUT2D eigenvalue weighted by Crippen LogP contribution is 2.32. The smallest absolute Gasteiger partial charge is 0.335 e. The molecular formula is C14H9ClF2O3. The lowest BCUT2D eigenvalue weighted by Crippen LogP contribution is -2.01. The van der Waals surface area contributed by atoms with Gasteiger partial charge in [-0.1, -0.05) is 17.7 Å². The van der Waals surface area contributed by atoms with Crippen molar-refractivity contribution in [2.75, 3.05) is 0 Å². The van der Waals surface area contributed by atoms with Crippen molar-refractivity contribution in [3.63, 3.8) is 0 Å². The molecule has 0 bridgehead atoms. The number of ether oxygens (including phenoxy) is 1. The number of aryl methyl sites for hydroxylation is 1. The molecule has 0 unspecified atom stereocenters. The maximum absolute atomic E-state index is 13.7. The third-order valence-corrected chi connectivity index (χ3v) is 2.84. The predicted octanol–water partition coefficient (Wildman–Crippen LogP) is 4.42. The highest BCUT2D eigenvalue weighted by molar-refractivity contribution is 6.30. The summed E-state index contributed by atoms with van der Waals surface area (Å²) >= 11 is 5.78. The van der Waals surface area contributed by atoms with E-state index < -0.39 is 28.9 Å². The molecule has 0 aliphatic heterocycles. The van der Waals surface area contributed by atoms with Gasteiger partial charge in [-0.2, -0.15) is 0 Å². The van der Waals surface area contributed by atoms with Crippen molar-refractivity contribution < 1.29 is 23.4 Å². The summed E-state index contributed by atoms with van der Waals surface area (Å²) in [6, 6.07) is 6.06. The van der Waals surface area contributed by atoms with Crippen LogP contribution < -0.4 is 4.74 Å². The maximum Gasteiger partial charge on any atom is 0.335 e. The van der Waals surface area contributed by atoms with E-state index in [0.29, 0.717) is 22.7 Å². The van der Waals surface area contributed by atoms with Crippen LogP contribution in [0.15, 0.2) is 30.3 Å². The number of halogens is 3. The van der Waals surface area contributed by atoms with Crippen LogP contribution in [0.2, 0.25) is 5.02 Å². The van der Waals surface area contributed by atoms with Crippen molar-refractivity contribution in [1.29, 1.82) is 0 Å². The van der Waals surface area contributed by atoms with Crippen LogP contribution in [0.3, 0.4) is 0 Å². The van der Waals surface area contributed by atoms with Gasteiger partial charge < -0.3 is 9.84 Å². The van der Waals surface area contributed by atoms with Gasteiger partial charge >= 0.3 is 5.97 Å². The SMILES string of the molecule is Cc1ccc(Cl)cc1Oc1c(F)cc(C(=O)O)cc1F. The first kappa shape index (κ1) is 14.3. The molecular weight excluding hydrogens is 290 g/mol. The summed E-state index contributed by atoms with van der Waals surface area (Å²) in [5.41, 5.74) is 0.144. The molecule has 0 atom stereocenters. The highest BCUT2D eigenvalue weighted by atomic mass is 35.5. The van der Waals surface area contributed by atoms with Crippen molar-refractivity contribution in [2.45, 2.75) is 6.92 Å². The molecule has 0 spiro atoms. The third-order valence-electron chi connectivity index (χ3n) is 2.61. The minimum absolute atomic E-state index is 0.193. The number of hydrogen-bond acceptors (Lipinski definition) is 2. The van der Waals surface area contributed by atoms with Gasteiger partial charge in [0.15, 0.2) is 17.4 Å². The molecule has 2 aromatic rings. The lowest BCUT2D eigenvalue weighted by molar-refractivity contribution is 0.0695. The van der Waals surface area contributed by atoms with Crippen LogP contribution in [-0.4, -0.2) is 11.1 Å².